The molecule has 0 heterocycles. The molecule has 5 nitrogen and oxygen atoms in total. The van der Waals surface area contributed by atoms with Crippen LogP contribution >= 0.6 is 0 Å². The molecule has 0 aromatic rings. The Morgan fingerprint density at radius 3 is 2.71 bits per heavy atom. The van der Waals surface area contributed by atoms with Crippen molar-refractivity contribution in [3.63, 3.8) is 0 Å². The molecule has 0 aliphatic heterocycles. The number of carboxylic acids is 1. The third-order valence-electron chi connectivity index (χ3n) is 1.66. The van der Waals surface area contributed by atoms with Gasteiger partial charge in [-0.25, -0.2) is 0 Å². The van der Waals surface area contributed by atoms with Gasteiger partial charge in [0.15, 0.2) is 0 Å². The minimum atomic E-state index is -0.792. The molecule has 0 fully saturated rings. The zero-order valence-corrected chi connectivity index (χ0v) is 8.57. The van der Waals surface area contributed by atoms with Crippen molar-refractivity contribution >= 4 is 5.97 Å². The first-order chi connectivity index (χ1) is 6.66. The lowest BCUT2D eigenvalue weighted by Gasteiger charge is -2.11. The third-order valence-corrected chi connectivity index (χ3v) is 1.66. The number of carboxylic acid groups (broad SMARTS) is 1. The predicted molar refractivity (Wildman–Crippen MR) is 52.2 cm³/mol. The molecule has 0 aromatic carbocycles. The fourth-order valence-electron chi connectivity index (χ4n) is 0.904. The topological polar surface area (TPSA) is 81.8 Å². The molecule has 0 amide bonds. The van der Waals surface area contributed by atoms with Crippen LogP contribution in [0.25, 0.3) is 0 Å². The molecule has 0 aliphatic carbocycles. The Bertz CT molecular complexity index is 152. The highest BCUT2D eigenvalue weighted by atomic mass is 16.5. The van der Waals surface area contributed by atoms with E-state index in [2.05, 4.69) is 0 Å². The van der Waals surface area contributed by atoms with Gasteiger partial charge in [-0.1, -0.05) is 0 Å². The fourth-order valence-corrected chi connectivity index (χ4v) is 0.904. The van der Waals surface area contributed by atoms with E-state index in [0.717, 1.165) is 0 Å². The van der Waals surface area contributed by atoms with Crippen molar-refractivity contribution in [2.45, 2.75) is 25.9 Å². The maximum absolute atomic E-state index is 10.2. The van der Waals surface area contributed by atoms with Gasteiger partial charge in [0.1, 0.15) is 0 Å². The van der Waals surface area contributed by atoms with E-state index < -0.39 is 5.97 Å². The quantitative estimate of drug-likeness (QED) is 0.527. The third kappa shape index (κ3) is 9.44. The average Bonchev–Trinajstić information content (AvgIpc) is 2.14. The molecular weight excluding hydrogens is 186 g/mol. The summed E-state index contributed by atoms with van der Waals surface area (Å²) in [6.07, 6.45) is 0.643. The Labute approximate surface area is 84.2 Å². The molecule has 1 atom stereocenters. The largest absolute Gasteiger partial charge is 0.481 e. The predicted octanol–water partition coefficient (Wildman–Crippen LogP) is 0.232. The first kappa shape index (κ1) is 13.4. The van der Waals surface area contributed by atoms with E-state index in [0.29, 0.717) is 32.8 Å². The fraction of sp³-hybridized carbons (Fsp3) is 0.889. The molecule has 14 heavy (non-hydrogen) atoms. The lowest BCUT2D eigenvalue weighted by molar-refractivity contribution is -0.137. The van der Waals surface area contributed by atoms with Crippen molar-refractivity contribution in [1.82, 2.24) is 0 Å². The zero-order valence-electron chi connectivity index (χ0n) is 8.57. The number of carbonyl (C=O) groups is 1. The Morgan fingerprint density at radius 1 is 1.43 bits per heavy atom. The van der Waals surface area contributed by atoms with Gasteiger partial charge in [0, 0.05) is 13.0 Å². The Hall–Kier alpha value is -0.650. The molecular formula is C9H19NO4. The minimum Gasteiger partial charge on any atom is -0.481 e. The van der Waals surface area contributed by atoms with Gasteiger partial charge < -0.3 is 20.3 Å². The van der Waals surface area contributed by atoms with Gasteiger partial charge in [0.2, 0.25) is 0 Å². The van der Waals surface area contributed by atoms with Crippen molar-refractivity contribution in [2.24, 2.45) is 5.73 Å². The maximum atomic E-state index is 10.2. The van der Waals surface area contributed by atoms with E-state index in [1.807, 2.05) is 6.92 Å². The molecule has 0 bridgehead atoms. The van der Waals surface area contributed by atoms with Crippen molar-refractivity contribution in [2.75, 3.05) is 26.4 Å². The van der Waals surface area contributed by atoms with E-state index >= 15 is 0 Å². The van der Waals surface area contributed by atoms with Crippen molar-refractivity contribution in [3.8, 4) is 0 Å². The molecule has 0 aliphatic rings. The minimum absolute atomic E-state index is 0.0347. The Kier molecular flexibility index (Phi) is 8.51. The molecule has 0 saturated carbocycles. The standard InChI is InChI=1S/C9H19NO4/c1-8(2-3-9(11)12)14-7-6-13-5-4-10/h8H,2-7,10H2,1H3,(H,11,12). The van der Waals surface area contributed by atoms with Crippen LogP contribution in [0.4, 0.5) is 0 Å². The van der Waals surface area contributed by atoms with Gasteiger partial charge in [0.25, 0.3) is 0 Å². The van der Waals surface area contributed by atoms with Gasteiger partial charge in [-0.05, 0) is 13.3 Å². The van der Waals surface area contributed by atoms with Gasteiger partial charge in [-0.3, -0.25) is 4.79 Å². The molecule has 5 heteroatoms. The van der Waals surface area contributed by atoms with Crippen LogP contribution in [0.2, 0.25) is 0 Å². The molecule has 0 saturated heterocycles. The second kappa shape index (κ2) is 8.93. The Balaban J connectivity index is 3.18. The maximum Gasteiger partial charge on any atom is 0.303 e. The summed E-state index contributed by atoms with van der Waals surface area (Å²) in [6.45, 7) is 3.89. The highest BCUT2D eigenvalue weighted by Crippen LogP contribution is 2.00. The number of ether oxygens (including phenoxy) is 2. The van der Waals surface area contributed by atoms with E-state index in [9.17, 15) is 4.79 Å². The van der Waals surface area contributed by atoms with Crippen LogP contribution < -0.4 is 5.73 Å². The van der Waals surface area contributed by atoms with Crippen LogP contribution in [-0.4, -0.2) is 43.5 Å². The number of hydrogen-bond donors (Lipinski definition) is 2. The SMILES string of the molecule is CC(CCC(=O)O)OCCOCCN. The summed E-state index contributed by atoms with van der Waals surface area (Å²) in [4.78, 5) is 10.2. The molecule has 0 aromatic heterocycles. The van der Waals surface area contributed by atoms with Crippen molar-refractivity contribution < 1.29 is 19.4 Å². The van der Waals surface area contributed by atoms with E-state index in [-0.39, 0.29) is 12.5 Å². The molecule has 1 unspecified atom stereocenters. The molecule has 0 spiro atoms. The summed E-state index contributed by atoms with van der Waals surface area (Å²) in [7, 11) is 0. The van der Waals surface area contributed by atoms with Crippen LogP contribution in [0.5, 0.6) is 0 Å². The summed E-state index contributed by atoms with van der Waals surface area (Å²) in [5.41, 5.74) is 5.22. The van der Waals surface area contributed by atoms with E-state index in [1.165, 1.54) is 0 Å². The van der Waals surface area contributed by atoms with Crippen LogP contribution in [0, 0.1) is 0 Å². The number of hydrogen-bond acceptors (Lipinski definition) is 4. The molecule has 0 rings (SSSR count). The molecule has 84 valence electrons. The normalized spacial score (nSPS) is 12.7. The average molecular weight is 205 g/mol. The molecule has 3 N–H and O–H groups in total. The lowest BCUT2D eigenvalue weighted by Crippen LogP contribution is -2.16. The van der Waals surface area contributed by atoms with E-state index in [1.54, 1.807) is 0 Å². The smallest absolute Gasteiger partial charge is 0.303 e. The van der Waals surface area contributed by atoms with Gasteiger partial charge in [-0.2, -0.15) is 0 Å². The summed E-state index contributed by atoms with van der Waals surface area (Å²) in [6, 6.07) is 0. The summed E-state index contributed by atoms with van der Waals surface area (Å²) in [5, 5.41) is 8.41. The lowest BCUT2D eigenvalue weighted by atomic mass is 10.2. The zero-order chi connectivity index (χ0) is 10.8. The highest BCUT2D eigenvalue weighted by Gasteiger charge is 2.04. The van der Waals surface area contributed by atoms with Crippen molar-refractivity contribution in [3.05, 3.63) is 0 Å². The summed E-state index contributed by atoms with van der Waals surface area (Å²) < 4.78 is 10.4. The number of nitrogens with two attached hydrogens (primary N) is 1. The van der Waals surface area contributed by atoms with Gasteiger partial charge in [-0.15, -0.1) is 0 Å². The van der Waals surface area contributed by atoms with Gasteiger partial charge >= 0.3 is 5.97 Å². The summed E-state index contributed by atoms with van der Waals surface area (Å²) in [5.74, 6) is -0.792. The first-order valence-corrected chi connectivity index (χ1v) is 4.78. The van der Waals surface area contributed by atoms with Crippen molar-refractivity contribution in [1.29, 1.82) is 0 Å². The first-order valence-electron chi connectivity index (χ1n) is 4.78. The number of rotatable bonds is 9. The van der Waals surface area contributed by atoms with Crippen LogP contribution in [-0.2, 0) is 14.3 Å². The van der Waals surface area contributed by atoms with Crippen LogP contribution in [0.15, 0.2) is 0 Å². The van der Waals surface area contributed by atoms with Crippen LogP contribution in [0.3, 0.4) is 0 Å². The second-order valence-corrected chi connectivity index (χ2v) is 3.01. The second-order valence-electron chi connectivity index (χ2n) is 3.01. The summed E-state index contributed by atoms with van der Waals surface area (Å²) >= 11 is 0. The monoisotopic (exact) mass is 205 g/mol. The van der Waals surface area contributed by atoms with E-state index in [4.69, 9.17) is 20.3 Å². The highest BCUT2D eigenvalue weighted by molar-refractivity contribution is 5.66. The Morgan fingerprint density at radius 2 is 2.14 bits per heavy atom. The van der Waals surface area contributed by atoms with Crippen LogP contribution in [0.1, 0.15) is 19.8 Å². The molecule has 0 radical (unpaired) electrons. The number of aliphatic carboxylic acids is 1. The van der Waals surface area contributed by atoms with Gasteiger partial charge in [0.05, 0.1) is 25.9 Å².